The van der Waals surface area contributed by atoms with E-state index in [1.54, 1.807) is 29.5 Å². The zero-order chi connectivity index (χ0) is 14.7. The molecule has 21 heavy (non-hydrogen) atoms. The molecule has 0 saturated carbocycles. The summed E-state index contributed by atoms with van der Waals surface area (Å²) in [6, 6.07) is 6.74. The van der Waals surface area contributed by atoms with Crippen LogP contribution in [0.5, 0.6) is 0 Å². The molecule has 110 valence electrons. The average Bonchev–Trinajstić information content (AvgIpc) is 2.90. The standard InChI is InChI=1S/C15H17N3O2S/c19-18(20)13-7-3-1-5-11(13)16-10-9-15-17-12-6-2-4-8-14(12)21-15/h1,3,5,7,16H,2,4,6,8-10H2. The molecule has 0 unspecified atom stereocenters. The van der Waals surface area contributed by atoms with Gasteiger partial charge in [0, 0.05) is 23.9 Å². The van der Waals surface area contributed by atoms with Crippen molar-refractivity contribution in [2.75, 3.05) is 11.9 Å². The summed E-state index contributed by atoms with van der Waals surface area (Å²) in [6.07, 6.45) is 5.57. The first-order valence-corrected chi connectivity index (χ1v) is 8.00. The highest BCUT2D eigenvalue weighted by Gasteiger charge is 2.15. The molecule has 0 fully saturated rings. The Hall–Kier alpha value is -1.95. The Morgan fingerprint density at radius 2 is 2.10 bits per heavy atom. The fourth-order valence-corrected chi connectivity index (χ4v) is 3.76. The molecule has 1 aliphatic carbocycles. The van der Waals surface area contributed by atoms with Gasteiger partial charge in [-0.25, -0.2) is 4.98 Å². The lowest BCUT2D eigenvalue weighted by molar-refractivity contribution is -0.384. The van der Waals surface area contributed by atoms with Gasteiger partial charge >= 0.3 is 0 Å². The summed E-state index contributed by atoms with van der Waals surface area (Å²) in [5, 5.41) is 15.2. The van der Waals surface area contributed by atoms with Crippen molar-refractivity contribution in [2.45, 2.75) is 32.1 Å². The van der Waals surface area contributed by atoms with Crippen molar-refractivity contribution in [1.29, 1.82) is 0 Å². The van der Waals surface area contributed by atoms with E-state index in [0.717, 1.165) is 24.3 Å². The molecular weight excluding hydrogens is 286 g/mol. The number of rotatable bonds is 5. The largest absolute Gasteiger partial charge is 0.379 e. The third kappa shape index (κ3) is 3.21. The number of aryl methyl sites for hydroxylation is 2. The van der Waals surface area contributed by atoms with E-state index in [1.165, 1.54) is 29.5 Å². The van der Waals surface area contributed by atoms with E-state index in [4.69, 9.17) is 0 Å². The number of hydrogen-bond acceptors (Lipinski definition) is 5. The number of fused-ring (bicyclic) bond motifs is 1. The average molecular weight is 303 g/mol. The number of nitro groups is 1. The minimum atomic E-state index is -0.357. The number of nitrogens with zero attached hydrogens (tertiary/aromatic N) is 2. The lowest BCUT2D eigenvalue weighted by Gasteiger charge is -2.06. The van der Waals surface area contributed by atoms with Crippen LogP contribution in [0.2, 0.25) is 0 Å². The maximum Gasteiger partial charge on any atom is 0.292 e. The summed E-state index contributed by atoms with van der Waals surface area (Å²) in [7, 11) is 0. The van der Waals surface area contributed by atoms with Crippen LogP contribution in [0.15, 0.2) is 24.3 Å². The lowest BCUT2D eigenvalue weighted by atomic mass is 10.0. The van der Waals surface area contributed by atoms with Crippen molar-refractivity contribution in [1.82, 2.24) is 4.98 Å². The number of thiazole rings is 1. The number of aromatic nitrogens is 1. The topological polar surface area (TPSA) is 68.1 Å². The van der Waals surface area contributed by atoms with Crippen molar-refractivity contribution in [3.8, 4) is 0 Å². The van der Waals surface area contributed by atoms with Crippen LogP contribution in [0, 0.1) is 10.1 Å². The Bertz CT molecular complexity index is 631. The number of para-hydroxylation sites is 2. The van der Waals surface area contributed by atoms with Gasteiger partial charge in [0.05, 0.1) is 15.6 Å². The van der Waals surface area contributed by atoms with Gasteiger partial charge in [-0.3, -0.25) is 10.1 Å². The molecule has 0 saturated heterocycles. The molecule has 5 nitrogen and oxygen atoms in total. The second-order valence-electron chi connectivity index (χ2n) is 5.14. The molecule has 0 aliphatic heterocycles. The van der Waals surface area contributed by atoms with E-state index in [-0.39, 0.29) is 10.6 Å². The van der Waals surface area contributed by atoms with Gasteiger partial charge in [0.1, 0.15) is 5.69 Å². The Kier molecular flexibility index (Phi) is 4.15. The Labute approximate surface area is 127 Å². The fourth-order valence-electron chi connectivity index (χ4n) is 2.60. The summed E-state index contributed by atoms with van der Waals surface area (Å²) >= 11 is 1.80. The first kappa shape index (κ1) is 14.0. The molecule has 1 aromatic heterocycles. The zero-order valence-corrected chi connectivity index (χ0v) is 12.5. The van der Waals surface area contributed by atoms with Crippen LogP contribution >= 0.6 is 11.3 Å². The van der Waals surface area contributed by atoms with Gasteiger partial charge in [-0.05, 0) is 31.7 Å². The molecule has 3 rings (SSSR count). The Morgan fingerprint density at radius 1 is 1.29 bits per heavy atom. The van der Waals surface area contributed by atoms with Gasteiger partial charge in [0.25, 0.3) is 5.69 Å². The maximum absolute atomic E-state index is 10.9. The molecule has 1 aromatic carbocycles. The van der Waals surface area contributed by atoms with Crippen molar-refractivity contribution in [2.24, 2.45) is 0 Å². The van der Waals surface area contributed by atoms with Gasteiger partial charge in [-0.15, -0.1) is 11.3 Å². The van der Waals surface area contributed by atoms with Crippen LogP contribution < -0.4 is 5.32 Å². The van der Waals surface area contributed by atoms with E-state index in [1.807, 2.05) is 0 Å². The predicted octanol–water partition coefficient (Wildman–Crippen LogP) is 3.58. The van der Waals surface area contributed by atoms with E-state index in [2.05, 4.69) is 10.3 Å². The van der Waals surface area contributed by atoms with Gasteiger partial charge in [0.2, 0.25) is 0 Å². The molecule has 0 radical (unpaired) electrons. The lowest BCUT2D eigenvalue weighted by Crippen LogP contribution is -2.06. The highest BCUT2D eigenvalue weighted by atomic mass is 32.1. The second-order valence-corrected chi connectivity index (χ2v) is 6.30. The van der Waals surface area contributed by atoms with Gasteiger partial charge in [-0.1, -0.05) is 12.1 Å². The van der Waals surface area contributed by atoms with Crippen LogP contribution in [-0.2, 0) is 19.3 Å². The minimum Gasteiger partial charge on any atom is -0.379 e. The monoisotopic (exact) mass is 303 g/mol. The van der Waals surface area contributed by atoms with E-state index >= 15 is 0 Å². The summed E-state index contributed by atoms with van der Waals surface area (Å²) in [5.74, 6) is 0. The SMILES string of the molecule is O=[N+]([O-])c1ccccc1NCCc1nc2c(s1)CCCC2. The Morgan fingerprint density at radius 3 is 2.90 bits per heavy atom. The molecule has 0 bridgehead atoms. The second kappa shape index (κ2) is 6.22. The first-order valence-electron chi connectivity index (χ1n) is 7.19. The third-order valence-corrected chi connectivity index (χ3v) is 4.86. The van der Waals surface area contributed by atoms with Crippen LogP contribution in [0.3, 0.4) is 0 Å². The third-order valence-electron chi connectivity index (χ3n) is 3.65. The van der Waals surface area contributed by atoms with Crippen LogP contribution in [0.25, 0.3) is 0 Å². The molecular formula is C15H17N3O2S. The minimum absolute atomic E-state index is 0.121. The number of nitrogens with one attached hydrogen (secondary N) is 1. The van der Waals surface area contributed by atoms with Crippen LogP contribution in [-0.4, -0.2) is 16.5 Å². The van der Waals surface area contributed by atoms with Crippen LogP contribution in [0.4, 0.5) is 11.4 Å². The first-order chi connectivity index (χ1) is 10.2. The van der Waals surface area contributed by atoms with E-state index < -0.39 is 0 Å². The van der Waals surface area contributed by atoms with E-state index in [0.29, 0.717) is 12.2 Å². The highest BCUT2D eigenvalue weighted by molar-refractivity contribution is 7.11. The summed E-state index contributed by atoms with van der Waals surface area (Å²) in [5.41, 5.74) is 1.96. The molecule has 0 amide bonds. The molecule has 0 atom stereocenters. The van der Waals surface area contributed by atoms with Crippen molar-refractivity contribution in [3.63, 3.8) is 0 Å². The van der Waals surface area contributed by atoms with Crippen molar-refractivity contribution in [3.05, 3.63) is 50.0 Å². The van der Waals surface area contributed by atoms with Crippen molar-refractivity contribution < 1.29 is 4.92 Å². The molecule has 1 aliphatic rings. The molecule has 6 heteroatoms. The van der Waals surface area contributed by atoms with Gasteiger partial charge < -0.3 is 5.32 Å². The van der Waals surface area contributed by atoms with E-state index in [9.17, 15) is 10.1 Å². The molecule has 1 N–H and O–H groups in total. The molecule has 2 aromatic rings. The summed E-state index contributed by atoms with van der Waals surface area (Å²) in [4.78, 5) is 16.7. The normalized spacial score (nSPS) is 13.7. The molecule has 0 spiro atoms. The number of benzene rings is 1. The number of anilines is 1. The maximum atomic E-state index is 10.9. The van der Waals surface area contributed by atoms with Crippen molar-refractivity contribution >= 4 is 22.7 Å². The number of nitro benzene ring substituents is 1. The predicted molar refractivity (Wildman–Crippen MR) is 84.0 cm³/mol. The van der Waals surface area contributed by atoms with Crippen LogP contribution in [0.1, 0.15) is 28.4 Å². The molecule has 1 heterocycles. The zero-order valence-electron chi connectivity index (χ0n) is 11.7. The number of hydrogen-bond donors (Lipinski definition) is 1. The fraction of sp³-hybridized carbons (Fsp3) is 0.400. The quantitative estimate of drug-likeness (QED) is 0.677. The van der Waals surface area contributed by atoms with Gasteiger partial charge in [0.15, 0.2) is 0 Å². The smallest absolute Gasteiger partial charge is 0.292 e. The summed E-state index contributed by atoms with van der Waals surface area (Å²) in [6.45, 7) is 0.664. The Balaban J connectivity index is 1.61. The highest BCUT2D eigenvalue weighted by Crippen LogP contribution is 2.27. The van der Waals surface area contributed by atoms with Gasteiger partial charge in [-0.2, -0.15) is 0 Å². The summed E-state index contributed by atoms with van der Waals surface area (Å²) < 4.78 is 0.